The molecule has 14 heavy (non-hydrogen) atoms. The Morgan fingerprint density at radius 2 is 2.14 bits per heavy atom. The summed E-state index contributed by atoms with van der Waals surface area (Å²) in [7, 11) is 1.94. The monoisotopic (exact) mass is 196 g/mol. The van der Waals surface area contributed by atoms with Gasteiger partial charge in [-0.15, -0.1) is 0 Å². The first-order chi connectivity index (χ1) is 6.83. The van der Waals surface area contributed by atoms with Gasteiger partial charge in [-0.25, -0.2) is 0 Å². The number of nitrogens with zero attached hydrogens (tertiary/aromatic N) is 2. The minimum atomic E-state index is 0.917. The summed E-state index contributed by atoms with van der Waals surface area (Å²) in [5, 5.41) is 10.8. The molecule has 0 aromatic carbocycles. The van der Waals surface area contributed by atoms with Gasteiger partial charge >= 0.3 is 0 Å². The summed E-state index contributed by atoms with van der Waals surface area (Å²) in [6.07, 6.45) is 5.11. The second kappa shape index (κ2) is 6.56. The first-order valence-electron chi connectivity index (χ1n) is 5.22. The Bertz CT molecular complexity index is 244. The summed E-state index contributed by atoms with van der Waals surface area (Å²) in [5.41, 5.74) is 1.25. The van der Waals surface area contributed by atoms with E-state index in [4.69, 9.17) is 0 Å². The zero-order valence-corrected chi connectivity index (χ0v) is 9.08. The highest BCUT2D eigenvalue weighted by atomic mass is 15.2. The molecule has 1 aromatic rings. The first kappa shape index (κ1) is 11.2. The van der Waals surface area contributed by atoms with Crippen LogP contribution in [-0.2, 0) is 13.6 Å². The predicted octanol–water partition coefficient (Wildman–Crippen LogP) is 0.509. The van der Waals surface area contributed by atoms with Crippen LogP contribution in [0.25, 0.3) is 0 Å². The number of rotatable bonds is 7. The van der Waals surface area contributed by atoms with Crippen LogP contribution in [0.1, 0.15) is 18.9 Å². The molecule has 0 atom stereocenters. The molecule has 1 aromatic heterocycles. The number of hydrogen-bond acceptors (Lipinski definition) is 3. The van der Waals surface area contributed by atoms with Gasteiger partial charge in [0, 0.05) is 25.4 Å². The van der Waals surface area contributed by atoms with Gasteiger partial charge in [0.25, 0.3) is 0 Å². The molecule has 4 heteroatoms. The van der Waals surface area contributed by atoms with E-state index < -0.39 is 0 Å². The number of hydrogen-bond donors (Lipinski definition) is 2. The fraction of sp³-hybridized carbons (Fsp3) is 0.700. The lowest BCUT2D eigenvalue weighted by Gasteiger charge is -2.03. The van der Waals surface area contributed by atoms with Gasteiger partial charge in [-0.3, -0.25) is 4.68 Å². The Hall–Kier alpha value is -0.870. The van der Waals surface area contributed by atoms with Gasteiger partial charge in [0.05, 0.1) is 6.20 Å². The number of aryl methyl sites for hydroxylation is 1. The van der Waals surface area contributed by atoms with Crippen LogP contribution >= 0.6 is 0 Å². The summed E-state index contributed by atoms with van der Waals surface area (Å²) < 4.78 is 1.83. The van der Waals surface area contributed by atoms with Crippen molar-refractivity contribution >= 4 is 0 Å². The van der Waals surface area contributed by atoms with Crippen molar-refractivity contribution in [3.8, 4) is 0 Å². The maximum absolute atomic E-state index is 4.11. The molecule has 2 N–H and O–H groups in total. The van der Waals surface area contributed by atoms with Crippen LogP contribution in [0.2, 0.25) is 0 Å². The molecule has 4 nitrogen and oxygen atoms in total. The minimum absolute atomic E-state index is 0.917. The van der Waals surface area contributed by atoms with Crippen molar-refractivity contribution in [1.82, 2.24) is 20.4 Å². The quantitative estimate of drug-likeness (QED) is 0.624. The largest absolute Gasteiger partial charge is 0.317 e. The maximum Gasteiger partial charge on any atom is 0.0534 e. The zero-order chi connectivity index (χ0) is 10.2. The SMILES string of the molecule is CCNCCCNCc1cnn(C)c1. The molecule has 0 saturated carbocycles. The second-order valence-electron chi connectivity index (χ2n) is 3.41. The molecule has 0 aliphatic carbocycles. The van der Waals surface area contributed by atoms with Gasteiger partial charge in [0.15, 0.2) is 0 Å². The molecule has 1 heterocycles. The van der Waals surface area contributed by atoms with E-state index in [1.807, 2.05) is 24.1 Å². The number of nitrogens with one attached hydrogen (secondary N) is 2. The van der Waals surface area contributed by atoms with Crippen LogP contribution < -0.4 is 10.6 Å². The highest BCUT2D eigenvalue weighted by molar-refractivity contribution is 5.02. The highest BCUT2D eigenvalue weighted by Gasteiger charge is 1.94. The van der Waals surface area contributed by atoms with E-state index in [2.05, 4.69) is 22.7 Å². The molecule has 0 saturated heterocycles. The van der Waals surface area contributed by atoms with Crippen molar-refractivity contribution in [1.29, 1.82) is 0 Å². The summed E-state index contributed by atoms with van der Waals surface area (Å²) in [6.45, 7) is 6.25. The lowest BCUT2D eigenvalue weighted by atomic mass is 10.3. The third kappa shape index (κ3) is 4.39. The number of aromatic nitrogens is 2. The normalized spacial score (nSPS) is 10.7. The van der Waals surface area contributed by atoms with Crippen molar-refractivity contribution in [3.05, 3.63) is 18.0 Å². The first-order valence-corrected chi connectivity index (χ1v) is 5.22. The molecule has 0 aliphatic heterocycles. The Balaban J connectivity index is 1.99. The van der Waals surface area contributed by atoms with Gasteiger partial charge in [-0.1, -0.05) is 6.92 Å². The van der Waals surface area contributed by atoms with Crippen LogP contribution in [0.5, 0.6) is 0 Å². The Kier molecular flexibility index (Phi) is 5.25. The Morgan fingerprint density at radius 1 is 1.36 bits per heavy atom. The third-order valence-corrected chi connectivity index (χ3v) is 2.04. The van der Waals surface area contributed by atoms with E-state index in [-0.39, 0.29) is 0 Å². The summed E-state index contributed by atoms with van der Waals surface area (Å²) in [6, 6.07) is 0. The lowest BCUT2D eigenvalue weighted by Crippen LogP contribution is -2.21. The van der Waals surface area contributed by atoms with Crippen LogP contribution in [0.15, 0.2) is 12.4 Å². The third-order valence-electron chi connectivity index (χ3n) is 2.04. The van der Waals surface area contributed by atoms with Gasteiger partial charge < -0.3 is 10.6 Å². The van der Waals surface area contributed by atoms with E-state index in [0.717, 1.165) is 26.2 Å². The molecule has 80 valence electrons. The van der Waals surface area contributed by atoms with Gasteiger partial charge in [0.1, 0.15) is 0 Å². The molecule has 0 fully saturated rings. The standard InChI is InChI=1S/C10H20N4/c1-3-11-5-4-6-12-7-10-8-13-14(2)9-10/h8-9,11-12H,3-7H2,1-2H3. The minimum Gasteiger partial charge on any atom is -0.317 e. The molecule has 0 bridgehead atoms. The highest BCUT2D eigenvalue weighted by Crippen LogP contribution is 1.94. The maximum atomic E-state index is 4.11. The van der Waals surface area contributed by atoms with Crippen molar-refractivity contribution in [2.45, 2.75) is 19.9 Å². The smallest absolute Gasteiger partial charge is 0.0534 e. The summed E-state index contributed by atoms with van der Waals surface area (Å²) in [4.78, 5) is 0. The molecule has 0 unspecified atom stereocenters. The van der Waals surface area contributed by atoms with E-state index in [1.165, 1.54) is 12.0 Å². The van der Waals surface area contributed by atoms with E-state index in [0.29, 0.717) is 0 Å². The molecule has 1 rings (SSSR count). The lowest BCUT2D eigenvalue weighted by molar-refractivity contribution is 0.606. The van der Waals surface area contributed by atoms with Crippen molar-refractivity contribution in [2.24, 2.45) is 7.05 Å². The van der Waals surface area contributed by atoms with Crippen LogP contribution in [0, 0.1) is 0 Å². The zero-order valence-electron chi connectivity index (χ0n) is 9.08. The molecular weight excluding hydrogens is 176 g/mol. The van der Waals surface area contributed by atoms with Crippen molar-refractivity contribution in [2.75, 3.05) is 19.6 Å². The van der Waals surface area contributed by atoms with Crippen molar-refractivity contribution < 1.29 is 0 Å². The van der Waals surface area contributed by atoms with E-state index in [1.54, 1.807) is 0 Å². The van der Waals surface area contributed by atoms with Crippen molar-refractivity contribution in [3.63, 3.8) is 0 Å². The fourth-order valence-electron chi connectivity index (χ4n) is 1.31. The average molecular weight is 196 g/mol. The molecule has 0 amide bonds. The summed E-state index contributed by atoms with van der Waals surface area (Å²) >= 11 is 0. The molecule has 0 spiro atoms. The predicted molar refractivity (Wildman–Crippen MR) is 58.1 cm³/mol. The molecule has 0 radical (unpaired) electrons. The van der Waals surface area contributed by atoms with Gasteiger partial charge in [-0.05, 0) is 26.1 Å². The molecular formula is C10H20N4. The average Bonchev–Trinajstić information content (AvgIpc) is 2.58. The van der Waals surface area contributed by atoms with Crippen LogP contribution in [-0.4, -0.2) is 29.4 Å². The van der Waals surface area contributed by atoms with Gasteiger partial charge in [0.2, 0.25) is 0 Å². The topological polar surface area (TPSA) is 41.9 Å². The summed E-state index contributed by atoms with van der Waals surface area (Å²) in [5.74, 6) is 0. The van der Waals surface area contributed by atoms with Crippen LogP contribution in [0.3, 0.4) is 0 Å². The van der Waals surface area contributed by atoms with Crippen LogP contribution in [0.4, 0.5) is 0 Å². The van der Waals surface area contributed by atoms with Gasteiger partial charge in [-0.2, -0.15) is 5.10 Å². The fourth-order valence-corrected chi connectivity index (χ4v) is 1.31. The molecule has 0 aliphatic rings. The van der Waals surface area contributed by atoms with E-state index in [9.17, 15) is 0 Å². The Labute approximate surface area is 85.7 Å². The second-order valence-corrected chi connectivity index (χ2v) is 3.41. The van der Waals surface area contributed by atoms with E-state index >= 15 is 0 Å². The Morgan fingerprint density at radius 3 is 2.79 bits per heavy atom.